The second-order valence-corrected chi connectivity index (χ2v) is 6.88. The van der Waals surface area contributed by atoms with Gasteiger partial charge in [-0.25, -0.2) is 4.79 Å². The number of nitrogens with zero attached hydrogens (tertiary/aromatic N) is 3. The largest absolute Gasteiger partial charge is 0.331 e. The van der Waals surface area contributed by atoms with E-state index >= 15 is 0 Å². The molecule has 7 heteroatoms. The van der Waals surface area contributed by atoms with Crippen LogP contribution >= 0.6 is 11.3 Å². The Balaban J connectivity index is 1.70. The van der Waals surface area contributed by atoms with E-state index in [4.69, 9.17) is 0 Å². The topological polar surface area (TPSA) is 71.8 Å². The predicted molar refractivity (Wildman–Crippen MR) is 103 cm³/mol. The lowest BCUT2D eigenvalue weighted by Crippen LogP contribution is -2.38. The lowest BCUT2D eigenvalue weighted by atomic mass is 10.0. The molecule has 26 heavy (non-hydrogen) atoms. The molecule has 0 fully saturated rings. The maximum atomic E-state index is 12.5. The van der Waals surface area contributed by atoms with Crippen LogP contribution in [0.2, 0.25) is 0 Å². The molecule has 2 amide bonds. The fraction of sp³-hybridized carbons (Fsp3) is 0.316. The maximum Gasteiger partial charge on any atom is 0.315 e. The molecule has 3 aromatic rings. The van der Waals surface area contributed by atoms with E-state index in [9.17, 15) is 4.79 Å². The van der Waals surface area contributed by atoms with E-state index in [-0.39, 0.29) is 12.1 Å². The number of hydrogen-bond acceptors (Lipinski definition) is 4. The van der Waals surface area contributed by atoms with Crippen molar-refractivity contribution in [3.05, 3.63) is 69.9 Å². The maximum absolute atomic E-state index is 12.5. The van der Waals surface area contributed by atoms with Crippen molar-refractivity contribution in [1.82, 2.24) is 25.4 Å². The molecule has 0 aliphatic rings. The molecule has 136 valence electrons. The van der Waals surface area contributed by atoms with Gasteiger partial charge in [0.2, 0.25) is 0 Å². The molecule has 0 bridgehead atoms. The Kier molecular flexibility index (Phi) is 6.01. The van der Waals surface area contributed by atoms with Crippen molar-refractivity contribution in [3.8, 4) is 0 Å². The van der Waals surface area contributed by atoms with Gasteiger partial charge >= 0.3 is 6.03 Å². The van der Waals surface area contributed by atoms with Gasteiger partial charge in [-0.05, 0) is 35.9 Å². The fourth-order valence-electron chi connectivity index (χ4n) is 2.74. The lowest BCUT2D eigenvalue weighted by Gasteiger charge is -2.19. The van der Waals surface area contributed by atoms with Gasteiger partial charge in [0.1, 0.15) is 6.33 Å². The fourth-order valence-corrected chi connectivity index (χ4v) is 3.54. The number of nitrogens with one attached hydrogen (secondary N) is 2. The second kappa shape index (κ2) is 8.62. The molecule has 6 nitrogen and oxygen atoms in total. The summed E-state index contributed by atoms with van der Waals surface area (Å²) < 4.78 is 1.90. The van der Waals surface area contributed by atoms with E-state index in [1.165, 1.54) is 5.56 Å². The monoisotopic (exact) mass is 369 g/mol. The van der Waals surface area contributed by atoms with Crippen LogP contribution in [0, 0.1) is 0 Å². The molecule has 3 rings (SSSR count). The Morgan fingerprint density at radius 1 is 1.23 bits per heavy atom. The summed E-state index contributed by atoms with van der Waals surface area (Å²) in [5.41, 5.74) is 2.35. The SMILES string of the molecule is CCc1ccc([C@H](NC(=O)NCc2nncn2CC)c2cccs2)cc1. The molecule has 2 aromatic heterocycles. The van der Waals surface area contributed by atoms with Crippen LogP contribution < -0.4 is 10.6 Å². The zero-order valence-electron chi connectivity index (χ0n) is 15.0. The van der Waals surface area contributed by atoms with Crippen molar-refractivity contribution in [3.63, 3.8) is 0 Å². The van der Waals surface area contributed by atoms with Crippen LogP contribution in [-0.4, -0.2) is 20.8 Å². The molecule has 1 atom stereocenters. The molecule has 2 heterocycles. The van der Waals surface area contributed by atoms with E-state index in [0.717, 1.165) is 29.2 Å². The zero-order chi connectivity index (χ0) is 18.4. The first-order valence-corrected chi connectivity index (χ1v) is 9.62. The number of aromatic nitrogens is 3. The quantitative estimate of drug-likeness (QED) is 0.669. The molecule has 1 aromatic carbocycles. The summed E-state index contributed by atoms with van der Waals surface area (Å²) in [6.45, 7) is 5.26. The number of urea groups is 1. The van der Waals surface area contributed by atoms with Crippen molar-refractivity contribution in [2.24, 2.45) is 0 Å². The van der Waals surface area contributed by atoms with Crippen LogP contribution in [0.15, 0.2) is 48.1 Å². The minimum atomic E-state index is -0.228. The Bertz CT molecular complexity index is 826. The van der Waals surface area contributed by atoms with Gasteiger partial charge in [-0.3, -0.25) is 0 Å². The second-order valence-electron chi connectivity index (χ2n) is 5.90. The number of benzene rings is 1. The number of carbonyl (C=O) groups is 1. The minimum absolute atomic E-state index is 0.176. The molecule has 0 aliphatic heterocycles. The third-order valence-electron chi connectivity index (χ3n) is 4.27. The van der Waals surface area contributed by atoms with Gasteiger partial charge in [-0.2, -0.15) is 0 Å². The Morgan fingerprint density at radius 2 is 2.04 bits per heavy atom. The highest BCUT2D eigenvalue weighted by Gasteiger charge is 2.18. The zero-order valence-corrected chi connectivity index (χ0v) is 15.8. The summed E-state index contributed by atoms with van der Waals surface area (Å²) in [5.74, 6) is 0.739. The van der Waals surface area contributed by atoms with Gasteiger partial charge in [-0.1, -0.05) is 37.3 Å². The average molecular weight is 369 g/mol. The number of amides is 2. The Labute approximate surface area is 157 Å². The van der Waals surface area contributed by atoms with Gasteiger partial charge in [0, 0.05) is 11.4 Å². The molecule has 0 aliphatic carbocycles. The Morgan fingerprint density at radius 3 is 2.69 bits per heavy atom. The first kappa shape index (κ1) is 18.1. The predicted octanol–water partition coefficient (Wildman–Crippen LogP) is 3.51. The summed E-state index contributed by atoms with van der Waals surface area (Å²) >= 11 is 1.63. The standard InChI is InChI=1S/C19H23N5OS/c1-3-14-7-9-15(10-8-14)18(16-6-5-11-26-16)22-19(25)20-12-17-23-21-13-24(17)4-2/h5-11,13,18H,3-4,12H2,1-2H3,(H2,20,22,25)/t18-/m0/s1. The molecule has 0 spiro atoms. The van der Waals surface area contributed by atoms with Crippen LogP contribution in [0.4, 0.5) is 4.79 Å². The summed E-state index contributed by atoms with van der Waals surface area (Å²) in [6, 6.07) is 12.0. The third kappa shape index (κ3) is 4.29. The molecule has 2 N–H and O–H groups in total. The Hall–Kier alpha value is -2.67. The normalized spacial score (nSPS) is 11.9. The van der Waals surface area contributed by atoms with Gasteiger partial charge in [0.25, 0.3) is 0 Å². The molecular weight excluding hydrogens is 346 g/mol. The van der Waals surface area contributed by atoms with Crippen molar-refractivity contribution >= 4 is 17.4 Å². The van der Waals surface area contributed by atoms with E-state index < -0.39 is 0 Å². The number of carbonyl (C=O) groups excluding carboxylic acids is 1. The van der Waals surface area contributed by atoms with Crippen LogP contribution in [0.25, 0.3) is 0 Å². The van der Waals surface area contributed by atoms with Crippen molar-refractivity contribution in [2.45, 2.75) is 39.4 Å². The highest BCUT2D eigenvalue weighted by Crippen LogP contribution is 2.26. The van der Waals surface area contributed by atoms with Gasteiger partial charge < -0.3 is 15.2 Å². The molecule has 0 saturated carbocycles. The number of thiophene rings is 1. The number of aryl methyl sites for hydroxylation is 2. The first-order valence-electron chi connectivity index (χ1n) is 8.74. The van der Waals surface area contributed by atoms with E-state index in [2.05, 4.69) is 52.0 Å². The summed E-state index contributed by atoms with van der Waals surface area (Å²) in [6.07, 6.45) is 2.66. The summed E-state index contributed by atoms with van der Waals surface area (Å²) in [4.78, 5) is 13.6. The minimum Gasteiger partial charge on any atom is -0.331 e. The summed E-state index contributed by atoms with van der Waals surface area (Å²) in [5, 5.41) is 15.9. The van der Waals surface area contributed by atoms with Crippen molar-refractivity contribution in [1.29, 1.82) is 0 Å². The molecule has 0 saturated heterocycles. The average Bonchev–Trinajstić information content (AvgIpc) is 3.36. The van der Waals surface area contributed by atoms with E-state index in [1.54, 1.807) is 17.7 Å². The van der Waals surface area contributed by atoms with E-state index in [1.807, 2.05) is 29.0 Å². The van der Waals surface area contributed by atoms with Crippen LogP contribution in [0.3, 0.4) is 0 Å². The molecule has 0 radical (unpaired) electrons. The number of hydrogen-bond donors (Lipinski definition) is 2. The van der Waals surface area contributed by atoms with Crippen LogP contribution in [0.5, 0.6) is 0 Å². The number of rotatable bonds is 7. The lowest BCUT2D eigenvalue weighted by molar-refractivity contribution is 0.238. The molecule has 0 unspecified atom stereocenters. The van der Waals surface area contributed by atoms with Crippen LogP contribution in [0.1, 0.15) is 41.7 Å². The smallest absolute Gasteiger partial charge is 0.315 e. The van der Waals surface area contributed by atoms with Gasteiger partial charge in [0.05, 0.1) is 12.6 Å². The summed E-state index contributed by atoms with van der Waals surface area (Å²) in [7, 11) is 0. The first-order chi connectivity index (χ1) is 12.7. The highest BCUT2D eigenvalue weighted by atomic mass is 32.1. The van der Waals surface area contributed by atoms with Crippen molar-refractivity contribution in [2.75, 3.05) is 0 Å². The van der Waals surface area contributed by atoms with Crippen LogP contribution in [-0.2, 0) is 19.5 Å². The van der Waals surface area contributed by atoms with E-state index in [0.29, 0.717) is 6.54 Å². The van der Waals surface area contributed by atoms with Gasteiger partial charge in [-0.15, -0.1) is 21.5 Å². The van der Waals surface area contributed by atoms with Crippen molar-refractivity contribution < 1.29 is 4.79 Å². The highest BCUT2D eigenvalue weighted by molar-refractivity contribution is 7.10. The third-order valence-corrected chi connectivity index (χ3v) is 5.21. The molecular formula is C19H23N5OS. The van der Waals surface area contributed by atoms with Gasteiger partial charge in [0.15, 0.2) is 5.82 Å².